The number of amides is 1. The second-order valence-electron chi connectivity index (χ2n) is 5.66. The van der Waals surface area contributed by atoms with Crippen LogP contribution in [0.15, 0.2) is 48.5 Å². The molecule has 0 heterocycles. The topological polar surface area (TPSA) is 38.3 Å². The largest absolute Gasteiger partial charge is 0.481 e. The summed E-state index contributed by atoms with van der Waals surface area (Å²) in [4.78, 5) is 12.3. The highest BCUT2D eigenvalue weighted by Crippen LogP contribution is 2.19. The highest BCUT2D eigenvalue weighted by Gasteiger charge is 2.18. The van der Waals surface area contributed by atoms with Crippen LogP contribution in [0.25, 0.3) is 0 Å². The molecule has 2 rings (SSSR count). The van der Waals surface area contributed by atoms with Gasteiger partial charge in [-0.05, 0) is 51.0 Å². The van der Waals surface area contributed by atoms with Crippen LogP contribution in [0.3, 0.4) is 0 Å². The lowest BCUT2D eigenvalue weighted by molar-refractivity contribution is -0.127. The number of para-hydroxylation sites is 1. The highest BCUT2D eigenvalue weighted by atomic mass is 16.5. The number of carbonyl (C=O) groups excluding carboxylic acids is 1. The Kier molecular flexibility index (Phi) is 5.21. The smallest absolute Gasteiger partial charge is 0.261 e. The van der Waals surface area contributed by atoms with E-state index >= 15 is 0 Å². The molecule has 0 fully saturated rings. The SMILES string of the molecule is Cc1ccc(C)c([C@H](C)NC(=O)[C@H](C)Oc2ccccc2)c1. The number of rotatable bonds is 5. The molecule has 0 saturated carbocycles. The van der Waals surface area contributed by atoms with Gasteiger partial charge in [0.2, 0.25) is 0 Å². The minimum absolute atomic E-state index is 0.0470. The van der Waals surface area contributed by atoms with Crippen molar-refractivity contribution in [2.75, 3.05) is 0 Å². The standard InChI is InChI=1S/C19H23NO2/c1-13-10-11-14(2)18(12-13)15(3)20-19(21)16(4)22-17-8-6-5-7-9-17/h5-12,15-16H,1-4H3,(H,20,21)/t15-,16-/m0/s1. The molecule has 0 aliphatic rings. The molecule has 0 unspecified atom stereocenters. The van der Waals surface area contributed by atoms with E-state index < -0.39 is 6.10 Å². The third kappa shape index (κ3) is 4.10. The summed E-state index contributed by atoms with van der Waals surface area (Å²) < 4.78 is 5.65. The van der Waals surface area contributed by atoms with Crippen molar-refractivity contribution >= 4 is 5.91 Å². The van der Waals surface area contributed by atoms with E-state index in [1.165, 1.54) is 11.1 Å². The fraction of sp³-hybridized carbons (Fsp3) is 0.316. The van der Waals surface area contributed by atoms with Crippen LogP contribution < -0.4 is 10.1 Å². The molecule has 0 aromatic heterocycles. The number of carbonyl (C=O) groups is 1. The van der Waals surface area contributed by atoms with Gasteiger partial charge < -0.3 is 10.1 Å². The molecule has 0 radical (unpaired) electrons. The summed E-state index contributed by atoms with van der Waals surface area (Å²) in [6.07, 6.45) is -0.532. The second-order valence-corrected chi connectivity index (χ2v) is 5.66. The van der Waals surface area contributed by atoms with Crippen molar-refractivity contribution in [3.05, 3.63) is 65.2 Å². The molecule has 0 saturated heterocycles. The Morgan fingerprint density at radius 2 is 1.73 bits per heavy atom. The maximum Gasteiger partial charge on any atom is 0.261 e. The number of aryl methyl sites for hydroxylation is 2. The molecule has 0 bridgehead atoms. The molecule has 2 atom stereocenters. The van der Waals surface area contributed by atoms with Crippen LogP contribution in [0, 0.1) is 13.8 Å². The van der Waals surface area contributed by atoms with E-state index in [0.717, 1.165) is 5.56 Å². The number of ether oxygens (including phenoxy) is 1. The number of hydrogen-bond donors (Lipinski definition) is 1. The maximum atomic E-state index is 12.3. The first-order valence-corrected chi connectivity index (χ1v) is 7.56. The predicted molar refractivity (Wildman–Crippen MR) is 89.0 cm³/mol. The van der Waals surface area contributed by atoms with Crippen LogP contribution in [0.5, 0.6) is 5.75 Å². The summed E-state index contributed by atoms with van der Waals surface area (Å²) in [5, 5.41) is 3.02. The van der Waals surface area contributed by atoms with Gasteiger partial charge in [0.25, 0.3) is 5.91 Å². The number of benzene rings is 2. The van der Waals surface area contributed by atoms with Gasteiger partial charge in [-0.15, -0.1) is 0 Å². The van der Waals surface area contributed by atoms with Gasteiger partial charge in [0, 0.05) is 0 Å². The van der Waals surface area contributed by atoms with Gasteiger partial charge >= 0.3 is 0 Å². The number of nitrogens with one attached hydrogen (secondary N) is 1. The third-order valence-corrected chi connectivity index (χ3v) is 3.69. The Balaban J connectivity index is 2.00. The van der Waals surface area contributed by atoms with Crippen LogP contribution in [0.4, 0.5) is 0 Å². The third-order valence-electron chi connectivity index (χ3n) is 3.69. The van der Waals surface area contributed by atoms with Crippen molar-refractivity contribution in [1.82, 2.24) is 5.32 Å². The lowest BCUT2D eigenvalue weighted by Crippen LogP contribution is -2.38. The molecular formula is C19H23NO2. The molecule has 3 heteroatoms. The van der Waals surface area contributed by atoms with Crippen molar-refractivity contribution in [3.63, 3.8) is 0 Å². The fourth-order valence-corrected chi connectivity index (χ4v) is 2.39. The fourth-order valence-electron chi connectivity index (χ4n) is 2.39. The Hall–Kier alpha value is -2.29. The van der Waals surface area contributed by atoms with Gasteiger partial charge in [-0.1, -0.05) is 42.0 Å². The lowest BCUT2D eigenvalue weighted by Gasteiger charge is -2.20. The normalized spacial score (nSPS) is 13.3. The zero-order valence-corrected chi connectivity index (χ0v) is 13.6. The summed E-state index contributed by atoms with van der Waals surface area (Å²) in [5.41, 5.74) is 3.51. The van der Waals surface area contributed by atoms with Crippen LogP contribution in [0.2, 0.25) is 0 Å². The van der Waals surface area contributed by atoms with E-state index in [4.69, 9.17) is 4.74 Å². The minimum Gasteiger partial charge on any atom is -0.481 e. The Bertz CT molecular complexity index is 637. The molecular weight excluding hydrogens is 274 g/mol. The minimum atomic E-state index is -0.532. The van der Waals surface area contributed by atoms with Crippen molar-refractivity contribution in [2.45, 2.75) is 39.8 Å². The highest BCUT2D eigenvalue weighted by molar-refractivity contribution is 5.81. The molecule has 116 valence electrons. The zero-order valence-electron chi connectivity index (χ0n) is 13.6. The molecule has 1 N–H and O–H groups in total. The molecule has 2 aromatic carbocycles. The average Bonchev–Trinajstić information content (AvgIpc) is 2.50. The molecule has 0 aliphatic carbocycles. The van der Waals surface area contributed by atoms with Crippen LogP contribution in [-0.2, 0) is 4.79 Å². The molecule has 0 spiro atoms. The molecule has 0 aliphatic heterocycles. The zero-order chi connectivity index (χ0) is 16.1. The van der Waals surface area contributed by atoms with Gasteiger partial charge in [0.05, 0.1) is 6.04 Å². The van der Waals surface area contributed by atoms with Crippen LogP contribution in [0.1, 0.15) is 36.6 Å². The summed E-state index contributed by atoms with van der Waals surface area (Å²) >= 11 is 0. The summed E-state index contributed by atoms with van der Waals surface area (Å²) in [5.74, 6) is 0.585. The van der Waals surface area contributed by atoms with Gasteiger partial charge in [-0.25, -0.2) is 0 Å². The first-order chi connectivity index (χ1) is 10.5. The average molecular weight is 297 g/mol. The Labute approximate surface area is 132 Å². The molecule has 1 amide bonds. The quantitative estimate of drug-likeness (QED) is 0.907. The van der Waals surface area contributed by atoms with E-state index in [1.807, 2.05) is 37.3 Å². The monoisotopic (exact) mass is 297 g/mol. The van der Waals surface area contributed by atoms with E-state index in [-0.39, 0.29) is 11.9 Å². The van der Waals surface area contributed by atoms with Crippen molar-refractivity contribution in [1.29, 1.82) is 0 Å². The van der Waals surface area contributed by atoms with Gasteiger partial charge in [0.15, 0.2) is 6.10 Å². The van der Waals surface area contributed by atoms with Crippen molar-refractivity contribution in [2.24, 2.45) is 0 Å². The van der Waals surface area contributed by atoms with Gasteiger partial charge in [-0.2, -0.15) is 0 Å². The van der Waals surface area contributed by atoms with Crippen molar-refractivity contribution < 1.29 is 9.53 Å². The van der Waals surface area contributed by atoms with E-state index in [2.05, 4.69) is 37.4 Å². The maximum absolute atomic E-state index is 12.3. The first-order valence-electron chi connectivity index (χ1n) is 7.56. The van der Waals surface area contributed by atoms with Crippen LogP contribution in [-0.4, -0.2) is 12.0 Å². The van der Waals surface area contributed by atoms with Gasteiger partial charge in [0.1, 0.15) is 5.75 Å². The predicted octanol–water partition coefficient (Wildman–Crippen LogP) is 3.95. The van der Waals surface area contributed by atoms with E-state index in [1.54, 1.807) is 6.92 Å². The van der Waals surface area contributed by atoms with Crippen LogP contribution >= 0.6 is 0 Å². The van der Waals surface area contributed by atoms with Crippen molar-refractivity contribution in [3.8, 4) is 5.75 Å². The summed E-state index contributed by atoms with van der Waals surface area (Å²) in [6.45, 7) is 7.87. The Morgan fingerprint density at radius 3 is 2.41 bits per heavy atom. The van der Waals surface area contributed by atoms with E-state index in [0.29, 0.717) is 5.75 Å². The lowest BCUT2D eigenvalue weighted by atomic mass is 10.00. The van der Waals surface area contributed by atoms with E-state index in [9.17, 15) is 4.79 Å². The second kappa shape index (κ2) is 7.12. The Morgan fingerprint density at radius 1 is 1.05 bits per heavy atom. The molecule has 2 aromatic rings. The molecule has 3 nitrogen and oxygen atoms in total. The summed E-state index contributed by atoms with van der Waals surface area (Å²) in [7, 11) is 0. The summed E-state index contributed by atoms with van der Waals surface area (Å²) in [6, 6.07) is 15.6. The van der Waals surface area contributed by atoms with Gasteiger partial charge in [-0.3, -0.25) is 4.79 Å². The number of hydrogen-bond acceptors (Lipinski definition) is 2. The molecule has 22 heavy (non-hydrogen) atoms. The first kappa shape index (κ1) is 16.1.